The van der Waals surface area contributed by atoms with E-state index in [0.29, 0.717) is 30.7 Å². The molecule has 4 aliphatic rings. The number of anilines is 1. The number of amides is 2. The Morgan fingerprint density at radius 1 is 1.05 bits per heavy atom. The Kier molecular flexibility index (Phi) is 6.03. The van der Waals surface area contributed by atoms with Crippen LogP contribution in [0, 0.1) is 46.1 Å². The minimum atomic E-state index is -5.03. The predicted octanol–water partition coefficient (Wildman–Crippen LogP) is 6.92. The van der Waals surface area contributed by atoms with E-state index in [9.17, 15) is 31.5 Å². The number of allylic oxidation sites excluding steroid dienone is 2. The van der Waals surface area contributed by atoms with E-state index in [1.807, 2.05) is 11.9 Å². The summed E-state index contributed by atoms with van der Waals surface area (Å²) in [6, 6.07) is 1.24. The molecule has 202 valence electrons. The van der Waals surface area contributed by atoms with Gasteiger partial charge in [-0.3, -0.25) is 9.59 Å². The second kappa shape index (κ2) is 8.53. The summed E-state index contributed by atoms with van der Waals surface area (Å²) >= 11 is 0. The number of nitrogens with zero attached hydrogens (tertiary/aromatic N) is 1. The number of piperidine rings is 1. The van der Waals surface area contributed by atoms with Crippen LogP contribution in [0.2, 0.25) is 0 Å². The van der Waals surface area contributed by atoms with Gasteiger partial charge in [0.25, 0.3) is 0 Å². The fraction of sp³-hybridized carbons (Fsp3) is 0.643. The Morgan fingerprint density at radius 2 is 1.76 bits per heavy atom. The highest BCUT2D eigenvalue weighted by Gasteiger charge is 2.61. The molecule has 0 bridgehead atoms. The van der Waals surface area contributed by atoms with Gasteiger partial charge in [-0.1, -0.05) is 19.4 Å². The van der Waals surface area contributed by atoms with Crippen molar-refractivity contribution in [3.63, 3.8) is 0 Å². The molecule has 5 rings (SSSR count). The first-order chi connectivity index (χ1) is 17.2. The zero-order valence-electron chi connectivity index (χ0n) is 21.6. The average Bonchev–Trinajstić information content (AvgIpc) is 3.16. The smallest absolute Gasteiger partial charge is 0.323 e. The molecule has 2 amide bonds. The molecule has 37 heavy (non-hydrogen) atoms. The van der Waals surface area contributed by atoms with E-state index in [4.69, 9.17) is 0 Å². The van der Waals surface area contributed by atoms with Crippen molar-refractivity contribution in [2.75, 3.05) is 12.4 Å². The van der Waals surface area contributed by atoms with Gasteiger partial charge in [0.15, 0.2) is 11.6 Å². The summed E-state index contributed by atoms with van der Waals surface area (Å²) in [6.45, 7) is 6.48. The number of rotatable bonds is 2. The third-order valence-corrected chi connectivity index (χ3v) is 10.3. The monoisotopic (exact) mass is 524 g/mol. The van der Waals surface area contributed by atoms with E-state index in [1.165, 1.54) is 5.57 Å². The number of benzene rings is 1. The Hall–Kier alpha value is -2.45. The van der Waals surface area contributed by atoms with Crippen LogP contribution in [0.1, 0.15) is 71.3 Å². The maximum atomic E-state index is 14.5. The van der Waals surface area contributed by atoms with E-state index in [2.05, 4.69) is 26.1 Å². The van der Waals surface area contributed by atoms with Gasteiger partial charge in [0.1, 0.15) is 0 Å². The normalized spacial score (nSPS) is 35.7. The van der Waals surface area contributed by atoms with E-state index in [0.717, 1.165) is 43.9 Å². The van der Waals surface area contributed by atoms with Crippen LogP contribution in [0.15, 0.2) is 23.4 Å². The van der Waals surface area contributed by atoms with Crippen molar-refractivity contribution in [3.05, 3.63) is 40.6 Å². The second-order valence-electron chi connectivity index (χ2n) is 12.0. The zero-order valence-corrected chi connectivity index (χ0v) is 21.6. The number of hydrogen-bond donors (Lipinski definition) is 1. The van der Waals surface area contributed by atoms with E-state index < -0.39 is 40.9 Å². The molecule has 0 radical (unpaired) electrons. The summed E-state index contributed by atoms with van der Waals surface area (Å²) in [7, 11) is 1.87. The molecule has 1 aromatic carbocycles. The molecule has 2 unspecified atom stereocenters. The van der Waals surface area contributed by atoms with Crippen LogP contribution in [0.25, 0.3) is 0 Å². The lowest BCUT2D eigenvalue weighted by Gasteiger charge is -2.59. The van der Waals surface area contributed by atoms with Gasteiger partial charge in [-0.05, 0) is 80.8 Å². The van der Waals surface area contributed by atoms with Crippen molar-refractivity contribution in [1.29, 1.82) is 0 Å². The molecule has 0 aromatic heterocycles. The summed E-state index contributed by atoms with van der Waals surface area (Å²) in [5.41, 5.74) is -0.341. The molecule has 1 aliphatic heterocycles. The SMILES string of the molecule is CC1=C2N(C)C(=O)CC[C@]2(C)C2CC[C@]3(C)[C@@H](C(=O)Nc4ccc(C(F)(F)F)c(F)c4F)CC[C@H]3C2C1. The number of halogens is 5. The molecular weight excluding hydrogens is 491 g/mol. The Bertz CT molecular complexity index is 1190. The molecule has 1 aromatic rings. The maximum Gasteiger partial charge on any atom is 0.419 e. The predicted molar refractivity (Wildman–Crippen MR) is 128 cm³/mol. The Balaban J connectivity index is 1.40. The van der Waals surface area contributed by atoms with Gasteiger partial charge in [-0.25, -0.2) is 8.78 Å². The van der Waals surface area contributed by atoms with Crippen molar-refractivity contribution in [2.45, 2.75) is 71.9 Å². The van der Waals surface area contributed by atoms with Crippen LogP contribution in [-0.4, -0.2) is 23.8 Å². The standard InChI is InChI=1S/C28H33F5N2O2/c1-14-13-15-16-5-6-19(25(37)34-20-8-7-18(28(31,32)33)22(29)23(20)30)26(16,2)11-9-17(15)27(3)12-10-21(36)35(4)24(14)27/h7-8,15-17,19H,5-6,9-13H2,1-4H3,(H,34,37)/t15?,16-,17?,19+,26-,27+/m0/s1. The lowest BCUT2D eigenvalue weighted by Crippen LogP contribution is -2.54. The van der Waals surface area contributed by atoms with Gasteiger partial charge < -0.3 is 10.2 Å². The molecule has 3 aliphatic carbocycles. The Morgan fingerprint density at radius 3 is 2.43 bits per heavy atom. The van der Waals surface area contributed by atoms with E-state index in [1.54, 1.807) is 0 Å². The first-order valence-electron chi connectivity index (χ1n) is 13.0. The van der Waals surface area contributed by atoms with Crippen LogP contribution in [0.3, 0.4) is 0 Å². The molecule has 6 atom stereocenters. The van der Waals surface area contributed by atoms with Crippen LogP contribution in [0.5, 0.6) is 0 Å². The molecule has 1 saturated heterocycles. The lowest BCUT2D eigenvalue weighted by atomic mass is 9.48. The molecule has 1 N–H and O–H groups in total. The molecule has 9 heteroatoms. The van der Waals surface area contributed by atoms with Gasteiger partial charge in [0.2, 0.25) is 11.8 Å². The zero-order chi connectivity index (χ0) is 27.1. The third kappa shape index (κ3) is 3.82. The second-order valence-corrected chi connectivity index (χ2v) is 12.0. The van der Waals surface area contributed by atoms with E-state index in [-0.39, 0.29) is 22.7 Å². The van der Waals surface area contributed by atoms with Crippen LogP contribution >= 0.6 is 0 Å². The number of nitrogens with one attached hydrogen (secondary N) is 1. The van der Waals surface area contributed by atoms with Gasteiger partial charge in [-0.2, -0.15) is 13.2 Å². The van der Waals surface area contributed by atoms with Gasteiger partial charge >= 0.3 is 6.18 Å². The largest absolute Gasteiger partial charge is 0.419 e. The molecule has 4 nitrogen and oxygen atoms in total. The van der Waals surface area contributed by atoms with Crippen molar-refractivity contribution >= 4 is 17.5 Å². The van der Waals surface area contributed by atoms with Crippen molar-refractivity contribution in [2.24, 2.45) is 34.5 Å². The van der Waals surface area contributed by atoms with Crippen molar-refractivity contribution < 1.29 is 31.5 Å². The topological polar surface area (TPSA) is 49.4 Å². The first-order valence-corrected chi connectivity index (χ1v) is 13.0. The molecule has 2 saturated carbocycles. The summed E-state index contributed by atoms with van der Waals surface area (Å²) in [4.78, 5) is 27.6. The first kappa shape index (κ1) is 26.2. The number of carbonyl (C=O) groups excluding carboxylic acids is 2. The fourth-order valence-electron chi connectivity index (χ4n) is 8.62. The van der Waals surface area contributed by atoms with Crippen molar-refractivity contribution in [3.8, 4) is 0 Å². The summed E-state index contributed by atoms with van der Waals surface area (Å²) < 4.78 is 67.3. The Labute approximate surface area is 213 Å². The van der Waals surface area contributed by atoms with Crippen molar-refractivity contribution in [1.82, 2.24) is 4.90 Å². The van der Waals surface area contributed by atoms with Crippen LogP contribution < -0.4 is 5.32 Å². The highest BCUT2D eigenvalue weighted by Crippen LogP contribution is 2.67. The highest BCUT2D eigenvalue weighted by molar-refractivity contribution is 5.93. The van der Waals surface area contributed by atoms with Crippen LogP contribution in [-0.2, 0) is 15.8 Å². The fourth-order valence-corrected chi connectivity index (χ4v) is 8.62. The number of hydrogen-bond acceptors (Lipinski definition) is 2. The number of carbonyl (C=O) groups is 2. The molecule has 0 spiro atoms. The van der Waals surface area contributed by atoms with Gasteiger partial charge in [-0.15, -0.1) is 0 Å². The maximum absolute atomic E-state index is 14.5. The number of likely N-dealkylation sites (tertiary alicyclic amines) is 1. The third-order valence-electron chi connectivity index (χ3n) is 10.3. The minimum Gasteiger partial charge on any atom is -0.323 e. The summed E-state index contributed by atoms with van der Waals surface area (Å²) in [5, 5.41) is 2.40. The quantitative estimate of drug-likeness (QED) is 0.427. The molecule has 3 fully saturated rings. The molecule has 1 heterocycles. The number of fused-ring (bicyclic) bond motifs is 5. The number of alkyl halides is 3. The van der Waals surface area contributed by atoms with E-state index >= 15 is 0 Å². The average molecular weight is 525 g/mol. The van der Waals surface area contributed by atoms with Gasteiger partial charge in [0, 0.05) is 30.5 Å². The minimum absolute atomic E-state index is 0.0990. The summed E-state index contributed by atoms with van der Waals surface area (Å²) in [5.74, 6) is -3.48. The van der Waals surface area contributed by atoms with Crippen LogP contribution in [0.4, 0.5) is 27.6 Å². The summed E-state index contributed by atoms with van der Waals surface area (Å²) in [6.07, 6.45) is 0.285. The van der Waals surface area contributed by atoms with Gasteiger partial charge in [0.05, 0.1) is 11.3 Å². The lowest BCUT2D eigenvalue weighted by molar-refractivity contribution is -0.140. The molecular formula is C28H33F5N2O2. The highest BCUT2D eigenvalue weighted by atomic mass is 19.4.